The number of rotatable bonds is 9. The average molecular weight is 526 g/mol. The third-order valence-corrected chi connectivity index (χ3v) is 8.84. The van der Waals surface area contributed by atoms with Crippen LogP contribution in [0.25, 0.3) is 31.7 Å². The highest BCUT2D eigenvalue weighted by molar-refractivity contribution is 7.98. The van der Waals surface area contributed by atoms with Crippen LogP contribution in [-0.2, 0) is 18.6 Å². The van der Waals surface area contributed by atoms with Crippen LogP contribution >= 0.6 is 23.1 Å². The van der Waals surface area contributed by atoms with Crippen LogP contribution < -0.4 is 5.32 Å². The Hall–Kier alpha value is -3.00. The maximum Gasteiger partial charge on any atom is 0.190 e. The van der Waals surface area contributed by atoms with Gasteiger partial charge in [-0.25, -0.2) is 15.0 Å². The van der Waals surface area contributed by atoms with Gasteiger partial charge in [-0.15, -0.1) is 11.3 Å². The number of pyridine rings is 1. The van der Waals surface area contributed by atoms with Crippen LogP contribution in [0.5, 0.6) is 0 Å². The lowest BCUT2D eigenvalue weighted by atomic mass is 10.0. The fourth-order valence-electron chi connectivity index (χ4n) is 5.09. The second kappa shape index (κ2) is 10.8. The van der Waals surface area contributed by atoms with Gasteiger partial charge < -0.3 is 10.2 Å². The van der Waals surface area contributed by atoms with Gasteiger partial charge in [-0.2, -0.15) is 0 Å². The van der Waals surface area contributed by atoms with Gasteiger partial charge in [0, 0.05) is 23.2 Å². The zero-order chi connectivity index (χ0) is 25.2. The molecule has 0 saturated carbocycles. The summed E-state index contributed by atoms with van der Waals surface area (Å²) in [5.41, 5.74) is 7.52. The monoisotopic (exact) mass is 525 g/mol. The third-order valence-electron chi connectivity index (χ3n) is 6.85. The van der Waals surface area contributed by atoms with Crippen LogP contribution in [0.4, 0.5) is 5.82 Å². The molecule has 6 rings (SSSR count). The second-order valence-electron chi connectivity index (χ2n) is 9.81. The Morgan fingerprint density at radius 2 is 1.68 bits per heavy atom. The van der Waals surface area contributed by atoms with Crippen molar-refractivity contribution in [1.29, 1.82) is 0 Å². The van der Waals surface area contributed by atoms with E-state index in [4.69, 9.17) is 15.0 Å². The predicted octanol–water partition coefficient (Wildman–Crippen LogP) is 7.05. The molecule has 0 aliphatic heterocycles. The number of nitrogens with zero attached hydrogens (tertiary/aromatic N) is 4. The summed E-state index contributed by atoms with van der Waals surface area (Å²) in [6, 6.07) is 21.2. The molecular weight excluding hydrogens is 494 g/mol. The van der Waals surface area contributed by atoms with Gasteiger partial charge in [0.1, 0.15) is 10.6 Å². The number of benzene rings is 2. The van der Waals surface area contributed by atoms with Crippen LogP contribution in [0.1, 0.15) is 29.5 Å². The highest BCUT2D eigenvalue weighted by Crippen LogP contribution is 2.44. The molecule has 1 aliphatic rings. The summed E-state index contributed by atoms with van der Waals surface area (Å²) in [7, 11) is 4.23. The number of thiophene rings is 1. The van der Waals surface area contributed by atoms with Gasteiger partial charge in [-0.1, -0.05) is 72.4 Å². The molecule has 0 fully saturated rings. The van der Waals surface area contributed by atoms with Gasteiger partial charge in [0.2, 0.25) is 0 Å². The highest BCUT2D eigenvalue weighted by atomic mass is 32.2. The van der Waals surface area contributed by atoms with Crippen LogP contribution in [0.2, 0.25) is 0 Å². The molecule has 0 unspecified atom stereocenters. The minimum atomic E-state index is 0.824. The molecule has 0 saturated heterocycles. The average Bonchev–Trinajstić information content (AvgIpc) is 3.55. The van der Waals surface area contributed by atoms with Gasteiger partial charge in [0.05, 0.1) is 15.9 Å². The molecule has 1 N–H and O–H groups in total. The number of anilines is 1. The molecule has 3 heterocycles. The lowest BCUT2D eigenvalue weighted by molar-refractivity contribution is 0.405. The van der Waals surface area contributed by atoms with Crippen molar-refractivity contribution in [2.24, 2.45) is 0 Å². The lowest BCUT2D eigenvalue weighted by Gasteiger charge is -2.12. The number of thioether (sulfide) groups is 1. The highest BCUT2D eigenvalue weighted by Gasteiger charge is 2.25. The number of hydrogen-bond acceptors (Lipinski definition) is 7. The van der Waals surface area contributed by atoms with E-state index < -0.39 is 0 Å². The maximum atomic E-state index is 5.25. The molecule has 0 radical (unpaired) electrons. The van der Waals surface area contributed by atoms with Crippen LogP contribution in [0, 0.1) is 0 Å². The van der Waals surface area contributed by atoms with Crippen LogP contribution in [0.15, 0.2) is 65.8 Å². The van der Waals surface area contributed by atoms with E-state index >= 15 is 0 Å². The topological polar surface area (TPSA) is 53.9 Å². The van der Waals surface area contributed by atoms with Crippen molar-refractivity contribution in [2.75, 3.05) is 32.5 Å². The summed E-state index contributed by atoms with van der Waals surface area (Å²) < 4.78 is 1.12. The largest absolute Gasteiger partial charge is 0.369 e. The Morgan fingerprint density at radius 1 is 0.919 bits per heavy atom. The first-order valence-electron chi connectivity index (χ1n) is 12.9. The Kier molecular flexibility index (Phi) is 7.09. The minimum absolute atomic E-state index is 0.824. The Labute approximate surface area is 226 Å². The standard InChI is InChI=1S/C30H31N5S2/c1-35(2)18-10-17-31-28-27-26(33-30(34-28)36-19-20-11-5-3-6-12-20)24-22-15-9-16-23(22)25(32-29(24)37-27)21-13-7-4-8-14-21/h3-8,11-14H,9-10,15-19H2,1-2H3,(H,31,33,34). The zero-order valence-electron chi connectivity index (χ0n) is 21.3. The van der Waals surface area contributed by atoms with Gasteiger partial charge in [-0.3, -0.25) is 0 Å². The minimum Gasteiger partial charge on any atom is -0.369 e. The van der Waals surface area contributed by atoms with E-state index in [0.717, 1.165) is 69.8 Å². The number of fused-ring (bicyclic) bond motifs is 5. The summed E-state index contributed by atoms with van der Waals surface area (Å²) in [6.45, 7) is 1.92. The van der Waals surface area contributed by atoms with Crippen LogP contribution in [0.3, 0.4) is 0 Å². The molecule has 0 bridgehead atoms. The SMILES string of the molecule is CN(C)CCCNc1nc(SCc2ccccc2)nc2c1sc1nc(-c3ccccc3)c3c(c12)CCC3. The van der Waals surface area contributed by atoms with Crippen molar-refractivity contribution in [3.05, 3.63) is 77.4 Å². The quantitative estimate of drug-likeness (QED) is 0.126. The molecule has 0 spiro atoms. The van der Waals surface area contributed by atoms with Crippen molar-refractivity contribution >= 4 is 49.3 Å². The Morgan fingerprint density at radius 3 is 2.46 bits per heavy atom. The van der Waals surface area contributed by atoms with E-state index in [1.165, 1.54) is 34.1 Å². The summed E-state index contributed by atoms with van der Waals surface area (Å²) in [5.74, 6) is 1.79. The molecule has 3 aromatic heterocycles. The maximum absolute atomic E-state index is 5.25. The number of aryl methyl sites for hydroxylation is 1. The van der Waals surface area contributed by atoms with Crippen molar-refractivity contribution in [3.63, 3.8) is 0 Å². The van der Waals surface area contributed by atoms with E-state index in [9.17, 15) is 0 Å². The number of nitrogens with one attached hydrogen (secondary N) is 1. The number of aromatic nitrogens is 3. The van der Waals surface area contributed by atoms with Gasteiger partial charge in [0.15, 0.2) is 5.16 Å². The summed E-state index contributed by atoms with van der Waals surface area (Å²) in [4.78, 5) is 18.7. The van der Waals surface area contributed by atoms with E-state index in [1.807, 2.05) is 0 Å². The Balaban J connectivity index is 1.46. The van der Waals surface area contributed by atoms with E-state index in [2.05, 4.69) is 85.0 Å². The smallest absolute Gasteiger partial charge is 0.190 e. The van der Waals surface area contributed by atoms with E-state index in [1.54, 1.807) is 23.1 Å². The predicted molar refractivity (Wildman–Crippen MR) is 158 cm³/mol. The molecule has 5 nitrogen and oxygen atoms in total. The lowest BCUT2D eigenvalue weighted by Crippen LogP contribution is -2.16. The molecular formula is C30H31N5S2. The van der Waals surface area contributed by atoms with Crippen molar-refractivity contribution in [2.45, 2.75) is 36.6 Å². The fraction of sp³-hybridized carbons (Fsp3) is 0.300. The molecule has 2 aromatic carbocycles. The summed E-state index contributed by atoms with van der Waals surface area (Å²) >= 11 is 3.44. The first-order valence-corrected chi connectivity index (χ1v) is 14.7. The molecule has 188 valence electrons. The molecule has 5 aromatic rings. The van der Waals surface area contributed by atoms with Crippen molar-refractivity contribution in [3.8, 4) is 11.3 Å². The molecule has 37 heavy (non-hydrogen) atoms. The fourth-order valence-corrected chi connectivity index (χ4v) is 7.00. The van der Waals surface area contributed by atoms with Gasteiger partial charge >= 0.3 is 0 Å². The third kappa shape index (κ3) is 5.08. The van der Waals surface area contributed by atoms with Crippen LogP contribution in [-0.4, -0.2) is 47.0 Å². The van der Waals surface area contributed by atoms with Crippen molar-refractivity contribution < 1.29 is 0 Å². The number of hydrogen-bond donors (Lipinski definition) is 1. The summed E-state index contributed by atoms with van der Waals surface area (Å²) in [6.07, 6.45) is 4.39. The first kappa shape index (κ1) is 24.3. The van der Waals surface area contributed by atoms with E-state index in [0.29, 0.717) is 0 Å². The summed E-state index contributed by atoms with van der Waals surface area (Å²) in [5, 5.41) is 5.72. The van der Waals surface area contributed by atoms with Crippen molar-refractivity contribution in [1.82, 2.24) is 19.9 Å². The first-order chi connectivity index (χ1) is 18.2. The van der Waals surface area contributed by atoms with E-state index in [-0.39, 0.29) is 0 Å². The normalized spacial score (nSPS) is 13.1. The molecule has 1 aliphatic carbocycles. The Bertz CT molecular complexity index is 1530. The molecule has 7 heteroatoms. The second-order valence-corrected chi connectivity index (χ2v) is 11.8. The zero-order valence-corrected chi connectivity index (χ0v) is 23.0. The van der Waals surface area contributed by atoms with Gasteiger partial charge in [-0.05, 0) is 63.0 Å². The van der Waals surface area contributed by atoms with Gasteiger partial charge in [0.25, 0.3) is 0 Å². The molecule has 0 amide bonds. The molecule has 0 atom stereocenters.